The van der Waals surface area contributed by atoms with Crippen LogP contribution in [0.15, 0.2) is 65.6 Å². The number of hydrogen-bond acceptors (Lipinski definition) is 7. The van der Waals surface area contributed by atoms with Crippen LogP contribution in [0.3, 0.4) is 0 Å². The zero-order valence-electron chi connectivity index (χ0n) is 20.1. The van der Waals surface area contributed by atoms with Gasteiger partial charge in [0.1, 0.15) is 15.9 Å². The average molecular weight is 522 g/mol. The smallest absolute Gasteiger partial charge is 0.253 e. The van der Waals surface area contributed by atoms with Gasteiger partial charge in [-0.2, -0.15) is 8.75 Å². The maximum Gasteiger partial charge on any atom is 0.253 e. The highest BCUT2D eigenvalue weighted by atomic mass is 32.2. The third-order valence-corrected chi connectivity index (χ3v) is 8.66. The van der Waals surface area contributed by atoms with Crippen LogP contribution < -0.4 is 9.62 Å². The van der Waals surface area contributed by atoms with Gasteiger partial charge < -0.3 is 9.80 Å². The van der Waals surface area contributed by atoms with Crippen LogP contribution >= 0.6 is 11.7 Å². The molecule has 1 amide bonds. The molecule has 0 atom stereocenters. The average Bonchev–Trinajstić information content (AvgIpc) is 3.38. The summed E-state index contributed by atoms with van der Waals surface area (Å²) in [6, 6.07) is 18.3. The number of nitrogens with zero attached hydrogens (tertiary/aromatic N) is 4. The predicted molar refractivity (Wildman–Crippen MR) is 142 cm³/mol. The molecule has 0 aliphatic carbocycles. The van der Waals surface area contributed by atoms with Crippen molar-refractivity contribution in [2.24, 2.45) is 0 Å². The molecule has 1 aliphatic rings. The van der Waals surface area contributed by atoms with Crippen LogP contribution in [0.5, 0.6) is 0 Å². The van der Waals surface area contributed by atoms with E-state index in [1.807, 2.05) is 4.90 Å². The molecule has 0 spiro atoms. The van der Waals surface area contributed by atoms with Crippen LogP contribution in [0.4, 0.5) is 5.69 Å². The lowest BCUT2D eigenvalue weighted by Gasteiger charge is -2.37. The van der Waals surface area contributed by atoms with Crippen LogP contribution in [-0.2, 0) is 16.6 Å². The number of hydrogen-bond donors (Lipinski definition) is 1. The molecular weight excluding hydrogens is 494 g/mol. The molecule has 0 radical (unpaired) electrons. The van der Waals surface area contributed by atoms with Gasteiger partial charge in [-0.3, -0.25) is 4.79 Å². The number of amides is 1. The highest BCUT2D eigenvalue weighted by molar-refractivity contribution is 7.89. The summed E-state index contributed by atoms with van der Waals surface area (Å²) in [5.74, 6) is -0.00884. The summed E-state index contributed by atoms with van der Waals surface area (Å²) in [5.41, 5.74) is 6.07. The van der Waals surface area contributed by atoms with Crippen molar-refractivity contribution < 1.29 is 13.2 Å². The quantitative estimate of drug-likeness (QED) is 0.415. The van der Waals surface area contributed by atoms with Crippen LogP contribution in [-0.4, -0.2) is 54.2 Å². The van der Waals surface area contributed by atoms with E-state index < -0.39 is 10.0 Å². The normalized spacial score (nSPS) is 14.4. The first-order valence-electron chi connectivity index (χ1n) is 11.7. The summed E-state index contributed by atoms with van der Waals surface area (Å²) >= 11 is 0.983. The Balaban J connectivity index is 1.20. The Bertz CT molecular complexity index is 1510. The highest BCUT2D eigenvalue weighted by Crippen LogP contribution is 2.24. The number of aromatic nitrogens is 2. The molecule has 4 aromatic rings. The molecular formula is C26H27N5O3S2. The number of carbonyl (C=O) groups excluding carboxylic acids is 1. The van der Waals surface area contributed by atoms with Gasteiger partial charge in [-0.25, -0.2) is 13.1 Å². The van der Waals surface area contributed by atoms with Gasteiger partial charge in [0.05, 0.1) is 11.7 Å². The van der Waals surface area contributed by atoms with Crippen molar-refractivity contribution in [1.29, 1.82) is 0 Å². The maximum absolute atomic E-state index is 13.1. The fourth-order valence-electron chi connectivity index (χ4n) is 4.43. The van der Waals surface area contributed by atoms with Gasteiger partial charge in [0.15, 0.2) is 0 Å². The number of sulfonamides is 1. The summed E-state index contributed by atoms with van der Waals surface area (Å²) in [5, 5.41) is 0. The van der Waals surface area contributed by atoms with Gasteiger partial charge in [-0.1, -0.05) is 30.3 Å². The monoisotopic (exact) mass is 521 g/mol. The lowest BCUT2D eigenvalue weighted by atomic mass is 10.1. The Morgan fingerprint density at radius 1 is 0.944 bits per heavy atom. The fraction of sp³-hybridized carbons (Fsp3) is 0.269. The predicted octanol–water partition coefficient (Wildman–Crippen LogP) is 3.75. The van der Waals surface area contributed by atoms with Gasteiger partial charge in [-0.05, 0) is 60.9 Å². The van der Waals surface area contributed by atoms with Gasteiger partial charge in [0.2, 0.25) is 10.0 Å². The summed E-state index contributed by atoms with van der Waals surface area (Å²) in [6.07, 6.45) is 0. The Hall–Kier alpha value is -3.34. The molecule has 1 N–H and O–H groups in total. The summed E-state index contributed by atoms with van der Waals surface area (Å²) < 4.78 is 36.5. The van der Waals surface area contributed by atoms with Crippen LogP contribution in [0.2, 0.25) is 0 Å². The molecule has 0 unspecified atom stereocenters. The molecule has 8 nitrogen and oxygen atoms in total. The molecule has 36 heavy (non-hydrogen) atoms. The number of rotatable bonds is 6. The van der Waals surface area contributed by atoms with E-state index in [2.05, 4.69) is 50.4 Å². The number of piperazine rings is 1. The number of fused-ring (bicyclic) bond motifs is 1. The zero-order valence-corrected chi connectivity index (χ0v) is 21.8. The van der Waals surface area contributed by atoms with Crippen molar-refractivity contribution in [3.05, 3.63) is 82.9 Å². The lowest BCUT2D eigenvalue weighted by Crippen LogP contribution is -2.49. The van der Waals surface area contributed by atoms with Crippen LogP contribution in [0, 0.1) is 13.8 Å². The number of anilines is 1. The van der Waals surface area contributed by atoms with E-state index in [1.165, 1.54) is 22.9 Å². The number of carbonyl (C=O) groups is 1. The van der Waals surface area contributed by atoms with Gasteiger partial charge >= 0.3 is 0 Å². The van der Waals surface area contributed by atoms with E-state index in [0.717, 1.165) is 30.4 Å². The summed E-state index contributed by atoms with van der Waals surface area (Å²) in [4.78, 5) is 17.4. The number of nitrogens with one attached hydrogen (secondary N) is 1. The van der Waals surface area contributed by atoms with E-state index in [9.17, 15) is 13.2 Å². The largest absolute Gasteiger partial charge is 0.368 e. The second-order valence-electron chi connectivity index (χ2n) is 8.91. The molecule has 1 saturated heterocycles. The van der Waals surface area contributed by atoms with E-state index >= 15 is 0 Å². The van der Waals surface area contributed by atoms with Crippen molar-refractivity contribution >= 4 is 44.4 Å². The third-order valence-electron chi connectivity index (χ3n) is 6.69. The SMILES string of the molecule is Cc1cccc(N2CCN(C(=O)c3ccc(CNS(=O)(=O)c4cccc5nsnc45)cc3)CC2)c1C. The molecule has 3 aromatic carbocycles. The topological polar surface area (TPSA) is 95.5 Å². The van der Waals surface area contributed by atoms with E-state index in [-0.39, 0.29) is 17.3 Å². The fourth-order valence-corrected chi connectivity index (χ4v) is 6.21. The Kier molecular flexibility index (Phi) is 6.74. The molecule has 0 saturated carbocycles. The second-order valence-corrected chi connectivity index (χ2v) is 11.2. The van der Waals surface area contributed by atoms with E-state index in [1.54, 1.807) is 36.4 Å². The molecule has 10 heteroatoms. The lowest BCUT2D eigenvalue weighted by molar-refractivity contribution is 0.0746. The minimum Gasteiger partial charge on any atom is -0.368 e. The van der Waals surface area contributed by atoms with Crippen molar-refractivity contribution in [3.63, 3.8) is 0 Å². The first-order chi connectivity index (χ1) is 17.3. The molecule has 2 heterocycles. The summed E-state index contributed by atoms with van der Waals surface area (Å²) in [7, 11) is -3.76. The Morgan fingerprint density at radius 2 is 1.67 bits per heavy atom. The van der Waals surface area contributed by atoms with E-state index in [0.29, 0.717) is 29.7 Å². The molecule has 5 rings (SSSR count). The Morgan fingerprint density at radius 3 is 2.42 bits per heavy atom. The first kappa shape index (κ1) is 24.4. The van der Waals surface area contributed by atoms with Crippen molar-refractivity contribution in [2.45, 2.75) is 25.3 Å². The maximum atomic E-state index is 13.1. The molecule has 186 valence electrons. The number of aryl methyl sites for hydroxylation is 1. The molecule has 0 bridgehead atoms. The van der Waals surface area contributed by atoms with Gasteiger partial charge in [0.25, 0.3) is 5.91 Å². The van der Waals surface area contributed by atoms with Gasteiger partial charge in [0, 0.05) is 44.0 Å². The van der Waals surface area contributed by atoms with Crippen LogP contribution in [0.1, 0.15) is 27.0 Å². The molecule has 1 aromatic heterocycles. The molecule has 1 fully saturated rings. The Labute approximate surface area is 214 Å². The summed E-state index contributed by atoms with van der Waals surface area (Å²) in [6.45, 7) is 7.26. The minimum absolute atomic E-state index is 0.00884. The van der Waals surface area contributed by atoms with Crippen molar-refractivity contribution in [2.75, 3.05) is 31.1 Å². The standard InChI is InChI=1S/C26H27N5O3S2/c1-18-5-3-7-23(19(18)2)30-13-15-31(16-14-30)26(32)21-11-9-20(10-12-21)17-27-36(33,34)24-8-4-6-22-25(24)29-35-28-22/h3-12,27H,13-17H2,1-2H3. The van der Waals surface area contributed by atoms with E-state index in [4.69, 9.17) is 0 Å². The van der Waals surface area contributed by atoms with Gasteiger partial charge in [-0.15, -0.1) is 0 Å². The van der Waals surface area contributed by atoms with Crippen LogP contribution in [0.25, 0.3) is 11.0 Å². The van der Waals surface area contributed by atoms with Crippen molar-refractivity contribution in [1.82, 2.24) is 18.4 Å². The zero-order chi connectivity index (χ0) is 25.3. The highest BCUT2D eigenvalue weighted by Gasteiger charge is 2.24. The number of benzene rings is 3. The third kappa shape index (κ3) is 4.84. The minimum atomic E-state index is -3.76. The first-order valence-corrected chi connectivity index (χ1v) is 14.0. The van der Waals surface area contributed by atoms with Crippen molar-refractivity contribution in [3.8, 4) is 0 Å². The second kappa shape index (κ2) is 9.96. The molecule has 1 aliphatic heterocycles.